The quantitative estimate of drug-likeness (QED) is 0.701. The van der Waals surface area contributed by atoms with Crippen molar-refractivity contribution in [1.82, 2.24) is 10.3 Å². The third-order valence-corrected chi connectivity index (χ3v) is 5.99. The highest BCUT2D eigenvalue weighted by Crippen LogP contribution is 2.43. The number of carbonyl (C=O) groups is 2. The molecular formula is C21H15F3N4O2S. The molecule has 1 N–H and O–H groups in total. The number of ketones is 1. The van der Waals surface area contributed by atoms with E-state index in [1.165, 1.54) is 17.8 Å². The van der Waals surface area contributed by atoms with E-state index in [0.717, 1.165) is 22.1 Å². The highest BCUT2D eigenvalue weighted by Gasteiger charge is 2.42. The number of hydrogen-bond donors (Lipinski definition) is 1. The summed E-state index contributed by atoms with van der Waals surface area (Å²) in [6.45, 7) is 0. The second-order valence-electron chi connectivity index (χ2n) is 6.97. The summed E-state index contributed by atoms with van der Waals surface area (Å²) in [7, 11) is 0. The number of benzene rings is 1. The molecule has 31 heavy (non-hydrogen) atoms. The Balaban J connectivity index is 1.84. The van der Waals surface area contributed by atoms with Crippen LogP contribution in [0.4, 0.5) is 23.7 Å². The van der Waals surface area contributed by atoms with Crippen molar-refractivity contribution in [3.63, 3.8) is 0 Å². The van der Waals surface area contributed by atoms with E-state index < -0.39 is 23.9 Å². The van der Waals surface area contributed by atoms with Gasteiger partial charge in [0.15, 0.2) is 5.78 Å². The monoisotopic (exact) mass is 444 g/mol. The summed E-state index contributed by atoms with van der Waals surface area (Å²) >= 11 is 1.37. The Morgan fingerprint density at radius 1 is 1.23 bits per heavy atom. The van der Waals surface area contributed by atoms with Gasteiger partial charge in [-0.1, -0.05) is 6.07 Å². The summed E-state index contributed by atoms with van der Waals surface area (Å²) < 4.78 is 39.4. The molecular weight excluding hydrogens is 429 g/mol. The molecule has 158 valence electrons. The van der Waals surface area contributed by atoms with Crippen LogP contribution in [0.3, 0.4) is 0 Å². The Morgan fingerprint density at radius 2 is 2.00 bits per heavy atom. The number of anilines is 1. The van der Waals surface area contributed by atoms with Gasteiger partial charge in [0, 0.05) is 28.8 Å². The maximum Gasteiger partial charge on any atom is 0.433 e. The first kappa shape index (κ1) is 20.9. The van der Waals surface area contributed by atoms with Gasteiger partial charge in [-0.3, -0.25) is 14.7 Å². The zero-order chi connectivity index (χ0) is 22.3. The molecule has 6 nitrogen and oxygen atoms in total. The van der Waals surface area contributed by atoms with Crippen LogP contribution in [0.5, 0.6) is 0 Å². The predicted octanol–water partition coefficient (Wildman–Crippen LogP) is 4.58. The van der Waals surface area contributed by atoms with Gasteiger partial charge in [-0.2, -0.15) is 18.4 Å². The Morgan fingerprint density at radius 3 is 2.68 bits per heavy atom. The van der Waals surface area contributed by atoms with Crippen LogP contribution in [0, 0.1) is 11.3 Å². The van der Waals surface area contributed by atoms with Crippen molar-refractivity contribution in [1.29, 1.82) is 5.26 Å². The normalized spacial score (nSPS) is 18.7. The van der Waals surface area contributed by atoms with E-state index in [1.54, 1.807) is 18.2 Å². The third kappa shape index (κ3) is 3.65. The standard InChI is InChI=1S/C21H15F3N4O2S/c1-31-16-8-11(10-25)2-3-13(16)19-18-14(4-5-15(18)29)28(20(30)27-19)12-6-7-26-17(9-12)21(22,23)24/h2-3,6-9,19H,4-5H2,1H3,(H,27,30). The number of nitrogens with one attached hydrogen (secondary N) is 1. The first-order chi connectivity index (χ1) is 14.7. The molecule has 0 saturated heterocycles. The average molecular weight is 444 g/mol. The van der Waals surface area contributed by atoms with Crippen molar-refractivity contribution < 1.29 is 22.8 Å². The molecule has 0 radical (unpaired) electrons. The smallest absolute Gasteiger partial charge is 0.326 e. The molecule has 1 unspecified atom stereocenters. The molecule has 2 amide bonds. The molecule has 1 aliphatic heterocycles. The molecule has 0 spiro atoms. The number of urea groups is 1. The first-order valence-electron chi connectivity index (χ1n) is 9.22. The molecule has 0 fully saturated rings. The van der Waals surface area contributed by atoms with Gasteiger partial charge in [-0.25, -0.2) is 4.79 Å². The van der Waals surface area contributed by atoms with E-state index in [2.05, 4.69) is 16.4 Å². The largest absolute Gasteiger partial charge is 0.433 e. The van der Waals surface area contributed by atoms with Gasteiger partial charge in [0.25, 0.3) is 0 Å². The van der Waals surface area contributed by atoms with Crippen molar-refractivity contribution >= 4 is 29.3 Å². The molecule has 1 aliphatic carbocycles. The zero-order valence-corrected chi connectivity index (χ0v) is 17.0. The van der Waals surface area contributed by atoms with Gasteiger partial charge < -0.3 is 5.32 Å². The molecule has 1 aromatic heterocycles. The topological polar surface area (TPSA) is 86.1 Å². The van der Waals surface area contributed by atoms with Gasteiger partial charge in [0.2, 0.25) is 0 Å². The van der Waals surface area contributed by atoms with Crippen LogP contribution in [0.2, 0.25) is 0 Å². The molecule has 0 bridgehead atoms. The summed E-state index contributed by atoms with van der Waals surface area (Å²) in [4.78, 5) is 30.9. The Labute approximate surface area is 179 Å². The van der Waals surface area contributed by atoms with E-state index >= 15 is 0 Å². The van der Waals surface area contributed by atoms with Crippen LogP contribution in [-0.2, 0) is 11.0 Å². The molecule has 1 aromatic carbocycles. The summed E-state index contributed by atoms with van der Waals surface area (Å²) in [6.07, 6.45) is -1.45. The summed E-state index contributed by atoms with van der Waals surface area (Å²) in [5.74, 6) is -0.175. The number of nitriles is 1. The summed E-state index contributed by atoms with van der Waals surface area (Å²) in [5, 5.41) is 11.9. The van der Waals surface area contributed by atoms with E-state index in [1.807, 2.05) is 6.26 Å². The maximum atomic E-state index is 13.1. The lowest BCUT2D eigenvalue weighted by Crippen LogP contribution is -2.47. The Bertz CT molecular complexity index is 1170. The zero-order valence-electron chi connectivity index (χ0n) is 16.2. The number of alkyl halides is 3. The molecule has 1 atom stereocenters. The van der Waals surface area contributed by atoms with Crippen LogP contribution in [0.15, 0.2) is 52.7 Å². The molecule has 2 aromatic rings. The molecule has 10 heteroatoms. The number of nitrogens with zero attached hydrogens (tertiary/aromatic N) is 3. The first-order valence-corrected chi connectivity index (χ1v) is 10.4. The van der Waals surface area contributed by atoms with Crippen LogP contribution >= 0.6 is 11.8 Å². The number of halogens is 3. The SMILES string of the molecule is CSc1cc(C#N)ccc1C1NC(=O)N(c2ccnc(C(F)(F)F)c2)C2=C1C(=O)CC2. The Kier molecular flexibility index (Phi) is 5.23. The lowest BCUT2D eigenvalue weighted by Gasteiger charge is -2.35. The minimum absolute atomic E-state index is 0.00889. The fraction of sp³-hybridized carbons (Fsp3) is 0.238. The number of rotatable bonds is 3. The molecule has 2 heterocycles. The van der Waals surface area contributed by atoms with Gasteiger partial charge in [0.05, 0.1) is 23.4 Å². The van der Waals surface area contributed by atoms with Crippen LogP contribution < -0.4 is 10.2 Å². The van der Waals surface area contributed by atoms with E-state index in [0.29, 0.717) is 22.4 Å². The van der Waals surface area contributed by atoms with Gasteiger partial charge in [-0.15, -0.1) is 11.8 Å². The van der Waals surface area contributed by atoms with Gasteiger partial charge in [-0.05, 0) is 42.5 Å². The number of Topliss-reactive ketones (excluding diaryl/α,β-unsaturated/α-hetero) is 1. The van der Waals surface area contributed by atoms with Crippen molar-refractivity contribution in [3.05, 3.63) is 64.6 Å². The second-order valence-corrected chi connectivity index (χ2v) is 7.82. The van der Waals surface area contributed by atoms with Gasteiger partial charge >= 0.3 is 12.2 Å². The van der Waals surface area contributed by atoms with Crippen molar-refractivity contribution in [3.8, 4) is 6.07 Å². The highest BCUT2D eigenvalue weighted by molar-refractivity contribution is 7.98. The summed E-state index contributed by atoms with van der Waals surface area (Å²) in [5.41, 5.74) is 0.709. The fourth-order valence-corrected chi connectivity index (χ4v) is 4.51. The van der Waals surface area contributed by atoms with E-state index in [9.17, 15) is 22.8 Å². The molecule has 0 saturated carbocycles. The van der Waals surface area contributed by atoms with Gasteiger partial charge in [0.1, 0.15) is 5.69 Å². The molecule has 4 rings (SSSR count). The number of amides is 2. The summed E-state index contributed by atoms with van der Waals surface area (Å²) in [6, 6.07) is 7.75. The van der Waals surface area contributed by atoms with E-state index in [4.69, 9.17) is 5.26 Å². The van der Waals surface area contributed by atoms with Crippen molar-refractivity contribution in [2.45, 2.75) is 30.0 Å². The van der Waals surface area contributed by atoms with Crippen molar-refractivity contribution in [2.24, 2.45) is 0 Å². The number of allylic oxidation sites excluding steroid dienone is 1. The lowest BCUT2D eigenvalue weighted by molar-refractivity contribution is -0.141. The molecule has 2 aliphatic rings. The number of hydrogen-bond acceptors (Lipinski definition) is 5. The van der Waals surface area contributed by atoms with Crippen LogP contribution in [0.25, 0.3) is 0 Å². The van der Waals surface area contributed by atoms with Crippen LogP contribution in [0.1, 0.15) is 35.7 Å². The Hall–Kier alpha value is -3.32. The second kappa shape index (κ2) is 7.74. The highest BCUT2D eigenvalue weighted by atomic mass is 32.2. The predicted molar refractivity (Wildman–Crippen MR) is 107 cm³/mol. The minimum Gasteiger partial charge on any atom is -0.326 e. The third-order valence-electron chi connectivity index (χ3n) is 5.20. The van der Waals surface area contributed by atoms with Crippen LogP contribution in [-0.4, -0.2) is 23.1 Å². The number of aromatic nitrogens is 1. The number of pyridine rings is 1. The minimum atomic E-state index is -4.66. The maximum absolute atomic E-state index is 13.1. The lowest BCUT2D eigenvalue weighted by atomic mass is 9.94. The number of carbonyl (C=O) groups excluding carboxylic acids is 2. The van der Waals surface area contributed by atoms with Crippen molar-refractivity contribution in [2.75, 3.05) is 11.2 Å². The average Bonchev–Trinajstić information content (AvgIpc) is 3.13. The fourth-order valence-electron chi connectivity index (χ4n) is 3.84. The number of thioether (sulfide) groups is 1. The van der Waals surface area contributed by atoms with E-state index in [-0.39, 0.29) is 24.3 Å².